The van der Waals surface area contributed by atoms with Gasteiger partial charge in [0, 0.05) is 25.5 Å². The Morgan fingerprint density at radius 2 is 1.90 bits per heavy atom. The van der Waals surface area contributed by atoms with Crippen molar-refractivity contribution in [3.8, 4) is 0 Å². The van der Waals surface area contributed by atoms with Gasteiger partial charge in [0.25, 0.3) is 0 Å². The molecule has 0 amide bonds. The van der Waals surface area contributed by atoms with Crippen LogP contribution in [0.2, 0.25) is 10.0 Å². The lowest BCUT2D eigenvalue weighted by atomic mass is 10.0. The molecule has 3 rings (SSSR count). The van der Waals surface area contributed by atoms with Gasteiger partial charge in [-0.15, -0.1) is 0 Å². The maximum atomic E-state index is 6.34. The van der Waals surface area contributed by atoms with Gasteiger partial charge in [-0.05, 0) is 42.8 Å². The normalized spacial score (nSPS) is 12.8. The molecule has 108 valence electrons. The van der Waals surface area contributed by atoms with Crippen LogP contribution < -0.4 is 5.73 Å². The Morgan fingerprint density at radius 3 is 2.62 bits per heavy atom. The zero-order valence-corrected chi connectivity index (χ0v) is 14.3. The van der Waals surface area contributed by atoms with Crippen LogP contribution in [0.25, 0.3) is 11.0 Å². The van der Waals surface area contributed by atoms with E-state index < -0.39 is 6.04 Å². The van der Waals surface area contributed by atoms with Gasteiger partial charge in [-0.3, -0.25) is 0 Å². The Balaban J connectivity index is 2.13. The molecular weight excluding hydrogens is 373 g/mol. The largest absolute Gasteiger partial charge is 0.459 e. The minimum atomic E-state index is -0.420. The van der Waals surface area contributed by atoms with Crippen LogP contribution in [0.15, 0.2) is 45.3 Å². The van der Waals surface area contributed by atoms with E-state index in [4.69, 9.17) is 33.4 Å². The molecule has 21 heavy (non-hydrogen) atoms. The van der Waals surface area contributed by atoms with Crippen LogP contribution in [-0.4, -0.2) is 0 Å². The van der Waals surface area contributed by atoms with Crippen LogP contribution in [-0.2, 0) is 0 Å². The fraction of sp³-hybridized carbons (Fsp3) is 0.125. The number of hydrogen-bond acceptors (Lipinski definition) is 2. The minimum Gasteiger partial charge on any atom is -0.459 e. The summed E-state index contributed by atoms with van der Waals surface area (Å²) in [6.45, 7) is 1.98. The lowest BCUT2D eigenvalue weighted by molar-refractivity contribution is 0.521. The molecule has 0 radical (unpaired) electrons. The van der Waals surface area contributed by atoms with Crippen molar-refractivity contribution < 1.29 is 4.42 Å². The third kappa shape index (κ3) is 2.71. The number of nitrogens with two attached hydrogens (primary N) is 1. The Labute approximate surface area is 141 Å². The molecule has 1 atom stereocenters. The molecule has 0 spiro atoms. The van der Waals surface area contributed by atoms with E-state index in [9.17, 15) is 0 Å². The van der Waals surface area contributed by atoms with Gasteiger partial charge in [0.05, 0.1) is 6.04 Å². The lowest BCUT2D eigenvalue weighted by Crippen LogP contribution is -2.12. The molecule has 0 saturated carbocycles. The molecule has 0 fully saturated rings. The van der Waals surface area contributed by atoms with Gasteiger partial charge in [-0.2, -0.15) is 0 Å². The lowest BCUT2D eigenvalue weighted by Gasteiger charge is -2.12. The van der Waals surface area contributed by atoms with E-state index in [-0.39, 0.29) is 0 Å². The smallest absolute Gasteiger partial charge is 0.134 e. The highest BCUT2D eigenvalue weighted by Gasteiger charge is 2.20. The first kappa shape index (κ1) is 14.9. The van der Waals surface area contributed by atoms with E-state index in [1.807, 2.05) is 37.3 Å². The second kappa shape index (κ2) is 5.65. The van der Waals surface area contributed by atoms with Crippen molar-refractivity contribution in [3.05, 3.63) is 67.8 Å². The average molecular weight is 385 g/mol. The Morgan fingerprint density at radius 1 is 1.14 bits per heavy atom. The van der Waals surface area contributed by atoms with E-state index in [1.54, 1.807) is 6.07 Å². The van der Waals surface area contributed by atoms with Crippen molar-refractivity contribution in [1.82, 2.24) is 0 Å². The van der Waals surface area contributed by atoms with E-state index in [1.165, 1.54) is 0 Å². The summed E-state index contributed by atoms with van der Waals surface area (Å²) in [6.07, 6.45) is 0. The fourth-order valence-electron chi connectivity index (χ4n) is 2.40. The van der Waals surface area contributed by atoms with Crippen LogP contribution in [0.1, 0.15) is 22.9 Å². The number of aryl methyl sites for hydroxylation is 1. The first-order valence-electron chi connectivity index (χ1n) is 6.36. The van der Waals surface area contributed by atoms with Crippen molar-refractivity contribution in [2.75, 3.05) is 0 Å². The summed E-state index contributed by atoms with van der Waals surface area (Å²) in [4.78, 5) is 0. The number of rotatable bonds is 2. The van der Waals surface area contributed by atoms with E-state index in [2.05, 4.69) is 15.9 Å². The first-order valence-corrected chi connectivity index (χ1v) is 7.91. The molecular formula is C16H12BrCl2NO. The molecule has 3 aromatic rings. The van der Waals surface area contributed by atoms with Crippen LogP contribution in [0.4, 0.5) is 0 Å². The molecule has 0 saturated heterocycles. The molecule has 5 heteroatoms. The summed E-state index contributed by atoms with van der Waals surface area (Å²) in [5.74, 6) is 0.705. The quantitative estimate of drug-likeness (QED) is 0.601. The van der Waals surface area contributed by atoms with Crippen LogP contribution in [0.5, 0.6) is 0 Å². The molecule has 1 heterocycles. The van der Waals surface area contributed by atoms with E-state index in [0.717, 1.165) is 26.6 Å². The highest BCUT2D eigenvalue weighted by atomic mass is 79.9. The first-order chi connectivity index (χ1) is 9.97. The number of halogens is 3. The molecule has 2 nitrogen and oxygen atoms in total. The van der Waals surface area contributed by atoms with Crippen molar-refractivity contribution >= 4 is 50.1 Å². The summed E-state index contributed by atoms with van der Waals surface area (Å²) in [5.41, 5.74) is 8.93. The SMILES string of the molecule is Cc1c(C(N)c2ccc(Br)cc2Cl)oc2ccc(Cl)cc12. The number of benzene rings is 2. The summed E-state index contributed by atoms with van der Waals surface area (Å²) in [7, 11) is 0. The summed E-state index contributed by atoms with van der Waals surface area (Å²) < 4.78 is 6.81. The maximum absolute atomic E-state index is 6.34. The van der Waals surface area contributed by atoms with E-state index >= 15 is 0 Å². The number of fused-ring (bicyclic) bond motifs is 1. The van der Waals surface area contributed by atoms with Gasteiger partial charge < -0.3 is 10.2 Å². The van der Waals surface area contributed by atoms with Gasteiger partial charge in [0.15, 0.2) is 0 Å². The average Bonchev–Trinajstić information content (AvgIpc) is 2.75. The highest BCUT2D eigenvalue weighted by molar-refractivity contribution is 9.10. The molecule has 2 aromatic carbocycles. The fourth-order valence-corrected chi connectivity index (χ4v) is 3.37. The van der Waals surface area contributed by atoms with Crippen molar-refractivity contribution in [3.63, 3.8) is 0 Å². The minimum absolute atomic E-state index is 0.420. The highest BCUT2D eigenvalue weighted by Crippen LogP contribution is 2.35. The van der Waals surface area contributed by atoms with Crippen molar-refractivity contribution in [2.45, 2.75) is 13.0 Å². The molecule has 0 aliphatic heterocycles. The summed E-state index contributed by atoms with van der Waals surface area (Å²) in [6, 6.07) is 10.8. The monoisotopic (exact) mass is 383 g/mol. The van der Waals surface area contributed by atoms with Gasteiger partial charge in [-0.1, -0.05) is 45.2 Å². The third-order valence-corrected chi connectivity index (χ3v) is 4.57. The summed E-state index contributed by atoms with van der Waals surface area (Å²) in [5, 5.41) is 2.25. The van der Waals surface area contributed by atoms with Crippen LogP contribution in [0.3, 0.4) is 0 Å². The van der Waals surface area contributed by atoms with Gasteiger partial charge in [-0.25, -0.2) is 0 Å². The van der Waals surface area contributed by atoms with Gasteiger partial charge in [0.2, 0.25) is 0 Å². The predicted octanol–water partition coefficient (Wildman–Crippen LogP) is 5.86. The number of furan rings is 1. The zero-order chi connectivity index (χ0) is 15.1. The van der Waals surface area contributed by atoms with Gasteiger partial charge in [0.1, 0.15) is 11.3 Å². The standard InChI is InChI=1S/C16H12BrCl2NO/c1-8-12-7-10(18)3-5-14(12)21-16(8)15(20)11-4-2-9(17)6-13(11)19/h2-7,15H,20H2,1H3. The second-order valence-corrected chi connectivity index (χ2v) is 6.63. The molecule has 1 unspecified atom stereocenters. The zero-order valence-electron chi connectivity index (χ0n) is 11.2. The molecule has 1 aromatic heterocycles. The van der Waals surface area contributed by atoms with Crippen LogP contribution in [0, 0.1) is 6.92 Å². The van der Waals surface area contributed by atoms with Gasteiger partial charge >= 0.3 is 0 Å². The number of hydrogen-bond donors (Lipinski definition) is 1. The maximum Gasteiger partial charge on any atom is 0.134 e. The molecule has 0 aliphatic rings. The molecule has 0 bridgehead atoms. The third-order valence-electron chi connectivity index (χ3n) is 3.52. The summed E-state index contributed by atoms with van der Waals surface area (Å²) >= 11 is 15.7. The Hall–Kier alpha value is -1.00. The molecule has 0 aliphatic carbocycles. The van der Waals surface area contributed by atoms with E-state index in [0.29, 0.717) is 15.8 Å². The second-order valence-electron chi connectivity index (χ2n) is 4.88. The Kier molecular flexibility index (Phi) is 4.02. The van der Waals surface area contributed by atoms with Crippen molar-refractivity contribution in [1.29, 1.82) is 0 Å². The molecule has 2 N–H and O–H groups in total. The van der Waals surface area contributed by atoms with Crippen molar-refractivity contribution in [2.24, 2.45) is 5.73 Å². The Bertz CT molecular complexity index is 829. The topological polar surface area (TPSA) is 39.2 Å². The van der Waals surface area contributed by atoms with Crippen LogP contribution >= 0.6 is 39.1 Å². The predicted molar refractivity (Wildman–Crippen MR) is 91.1 cm³/mol.